The van der Waals surface area contributed by atoms with Crippen molar-refractivity contribution in [3.63, 3.8) is 0 Å². The number of nitrogens with zero attached hydrogens (tertiary/aromatic N) is 1. The van der Waals surface area contributed by atoms with Crippen LogP contribution in [0, 0.1) is 0 Å². The van der Waals surface area contributed by atoms with Gasteiger partial charge in [0.1, 0.15) is 17.5 Å². The molecule has 3 atom stereocenters. The Kier molecular flexibility index (Phi) is 6.62. The highest BCUT2D eigenvalue weighted by Gasteiger charge is 2.53. The van der Waals surface area contributed by atoms with E-state index in [9.17, 15) is 14.7 Å². The first-order chi connectivity index (χ1) is 15.9. The lowest BCUT2D eigenvalue weighted by Gasteiger charge is -2.31. The molecule has 2 aromatic carbocycles. The van der Waals surface area contributed by atoms with Crippen LogP contribution >= 0.6 is 0 Å². The van der Waals surface area contributed by atoms with Gasteiger partial charge in [0, 0.05) is 0 Å². The average molecular weight is 450 g/mol. The highest BCUT2D eigenvalue weighted by molar-refractivity contribution is 5.97. The van der Waals surface area contributed by atoms with Crippen molar-refractivity contribution in [1.29, 1.82) is 0 Å². The summed E-state index contributed by atoms with van der Waals surface area (Å²) in [6.07, 6.45) is -1.71. The maximum atomic E-state index is 13.7. The summed E-state index contributed by atoms with van der Waals surface area (Å²) in [5, 5.41) is 11.0. The third-order valence-electron chi connectivity index (χ3n) is 5.81. The summed E-state index contributed by atoms with van der Waals surface area (Å²) in [4.78, 5) is 27.6. The van der Waals surface area contributed by atoms with Gasteiger partial charge in [-0.15, -0.1) is 0 Å². The van der Waals surface area contributed by atoms with E-state index in [4.69, 9.17) is 13.9 Å². The predicted molar refractivity (Wildman–Crippen MR) is 120 cm³/mol. The number of imide groups is 1. The van der Waals surface area contributed by atoms with E-state index < -0.39 is 35.9 Å². The summed E-state index contributed by atoms with van der Waals surface area (Å²) < 4.78 is 16.8. The lowest BCUT2D eigenvalue weighted by molar-refractivity contribution is -0.153. The van der Waals surface area contributed by atoms with E-state index in [2.05, 4.69) is 0 Å². The second-order valence-electron chi connectivity index (χ2n) is 8.56. The average Bonchev–Trinajstić information content (AvgIpc) is 3.41. The van der Waals surface area contributed by atoms with Gasteiger partial charge in [-0.2, -0.15) is 0 Å². The molecular formula is C26H27NO6. The van der Waals surface area contributed by atoms with Crippen molar-refractivity contribution in [3.05, 3.63) is 95.9 Å². The van der Waals surface area contributed by atoms with Gasteiger partial charge in [-0.05, 0) is 43.5 Å². The summed E-state index contributed by atoms with van der Waals surface area (Å²) in [5.41, 5.74) is 0.870. The number of aliphatic hydroxyl groups is 1. The van der Waals surface area contributed by atoms with Crippen LogP contribution in [0.4, 0.5) is 4.79 Å². The fourth-order valence-electron chi connectivity index (χ4n) is 4.00. The van der Waals surface area contributed by atoms with Crippen molar-refractivity contribution < 1.29 is 28.6 Å². The number of aliphatic hydroxyl groups excluding tert-OH is 1. The van der Waals surface area contributed by atoms with Gasteiger partial charge < -0.3 is 19.0 Å². The van der Waals surface area contributed by atoms with Crippen molar-refractivity contribution in [1.82, 2.24) is 4.90 Å². The first-order valence-corrected chi connectivity index (χ1v) is 10.8. The van der Waals surface area contributed by atoms with E-state index in [1.807, 2.05) is 60.7 Å². The van der Waals surface area contributed by atoms with Crippen LogP contribution in [0.3, 0.4) is 0 Å². The van der Waals surface area contributed by atoms with Gasteiger partial charge in [0.15, 0.2) is 6.10 Å². The molecule has 1 fully saturated rings. The Morgan fingerprint density at radius 3 is 2.27 bits per heavy atom. The molecule has 0 aliphatic carbocycles. The number of cyclic esters (lactones) is 1. The molecule has 0 unspecified atom stereocenters. The van der Waals surface area contributed by atoms with E-state index in [1.165, 1.54) is 6.26 Å². The zero-order valence-electron chi connectivity index (χ0n) is 18.6. The van der Waals surface area contributed by atoms with Crippen molar-refractivity contribution in [3.8, 4) is 0 Å². The molecule has 1 aliphatic heterocycles. The van der Waals surface area contributed by atoms with Gasteiger partial charge in [-0.1, -0.05) is 60.7 Å². The van der Waals surface area contributed by atoms with E-state index in [-0.39, 0.29) is 12.4 Å². The van der Waals surface area contributed by atoms with Crippen LogP contribution in [-0.2, 0) is 27.3 Å². The molecule has 0 radical (unpaired) electrons. The number of furan rings is 1. The molecule has 172 valence electrons. The molecule has 1 saturated heterocycles. The van der Waals surface area contributed by atoms with Gasteiger partial charge in [0.05, 0.1) is 18.9 Å². The second-order valence-corrected chi connectivity index (χ2v) is 8.56. The number of rotatable bonds is 8. The number of hydrogen-bond acceptors (Lipinski definition) is 6. The second kappa shape index (κ2) is 9.60. The maximum absolute atomic E-state index is 13.7. The van der Waals surface area contributed by atoms with Gasteiger partial charge in [0.25, 0.3) is 5.91 Å². The van der Waals surface area contributed by atoms with Crippen molar-refractivity contribution in [2.75, 3.05) is 0 Å². The number of benzene rings is 2. The summed E-state index contributed by atoms with van der Waals surface area (Å²) in [7, 11) is 0. The van der Waals surface area contributed by atoms with Crippen LogP contribution in [0.1, 0.15) is 36.8 Å². The van der Waals surface area contributed by atoms with E-state index >= 15 is 0 Å². The van der Waals surface area contributed by atoms with Crippen LogP contribution in [0.2, 0.25) is 0 Å². The lowest BCUT2D eigenvalue weighted by Crippen LogP contribution is -2.51. The monoisotopic (exact) mass is 449 g/mol. The fourth-order valence-corrected chi connectivity index (χ4v) is 4.00. The minimum Gasteiger partial charge on any atom is -0.466 e. The Balaban J connectivity index is 1.63. The minimum atomic E-state index is -1.40. The molecule has 3 aromatic rings. The lowest BCUT2D eigenvalue weighted by atomic mass is 9.91. The summed E-state index contributed by atoms with van der Waals surface area (Å²) in [6, 6.07) is 21.5. The largest absolute Gasteiger partial charge is 0.466 e. The molecule has 2 amide bonds. The van der Waals surface area contributed by atoms with E-state index in [0.29, 0.717) is 6.42 Å². The molecule has 2 heterocycles. The van der Waals surface area contributed by atoms with E-state index in [0.717, 1.165) is 16.0 Å². The van der Waals surface area contributed by atoms with Crippen molar-refractivity contribution >= 4 is 12.0 Å². The smallest absolute Gasteiger partial charge is 0.417 e. The molecule has 0 bridgehead atoms. The molecule has 0 spiro atoms. The Labute approximate surface area is 192 Å². The predicted octanol–water partition coefficient (Wildman–Crippen LogP) is 4.27. The quantitative estimate of drug-likeness (QED) is 0.553. The number of hydrogen-bond donors (Lipinski definition) is 1. The number of ether oxygens (including phenoxy) is 2. The van der Waals surface area contributed by atoms with Crippen molar-refractivity contribution in [2.24, 2.45) is 0 Å². The molecule has 4 rings (SSSR count). The molecule has 0 saturated carbocycles. The summed E-state index contributed by atoms with van der Waals surface area (Å²) in [5.74, 6) is -0.501. The number of carbonyl (C=O) groups excluding carboxylic acids is 2. The SMILES string of the molecule is CC1(C)OC(=O)N(C(=O)[C@@H](OCc2ccccc2)[C@H](O)c2ccco2)[C@H]1Cc1ccccc1. The Morgan fingerprint density at radius 1 is 1.03 bits per heavy atom. The van der Waals surface area contributed by atoms with E-state index in [1.54, 1.807) is 26.0 Å². The molecule has 33 heavy (non-hydrogen) atoms. The van der Waals surface area contributed by atoms with Crippen LogP contribution in [-0.4, -0.2) is 39.8 Å². The zero-order valence-corrected chi connectivity index (χ0v) is 18.6. The Morgan fingerprint density at radius 2 is 1.67 bits per heavy atom. The first-order valence-electron chi connectivity index (χ1n) is 10.8. The third kappa shape index (κ3) is 4.99. The first kappa shape index (κ1) is 22.8. The molecule has 7 nitrogen and oxygen atoms in total. The van der Waals surface area contributed by atoms with Crippen molar-refractivity contribution in [2.45, 2.75) is 50.7 Å². The maximum Gasteiger partial charge on any atom is 0.417 e. The van der Waals surface area contributed by atoms with Gasteiger partial charge in [0.2, 0.25) is 0 Å². The summed E-state index contributed by atoms with van der Waals surface area (Å²) in [6.45, 7) is 3.62. The third-order valence-corrected chi connectivity index (χ3v) is 5.81. The highest BCUT2D eigenvalue weighted by Crippen LogP contribution is 2.34. The fraction of sp³-hybridized carbons (Fsp3) is 0.308. The van der Waals surface area contributed by atoms with Crippen LogP contribution in [0.15, 0.2) is 83.5 Å². The highest BCUT2D eigenvalue weighted by atomic mass is 16.6. The molecule has 1 N–H and O–H groups in total. The Bertz CT molecular complexity index is 1060. The van der Waals surface area contributed by atoms with Gasteiger partial charge in [-0.3, -0.25) is 4.79 Å². The minimum absolute atomic E-state index is 0.0741. The number of amides is 2. The van der Waals surface area contributed by atoms with Gasteiger partial charge in [-0.25, -0.2) is 9.69 Å². The van der Waals surface area contributed by atoms with Crippen LogP contribution in [0.5, 0.6) is 0 Å². The molecular weight excluding hydrogens is 422 g/mol. The standard InChI is InChI=1S/C26H27NO6/c1-26(2)21(16-18-10-5-3-6-11-18)27(25(30)33-26)24(29)23(22(28)20-14-9-15-31-20)32-17-19-12-7-4-8-13-19/h3-15,21-23,28H,16-17H2,1-2H3/t21-,22+,23-/m0/s1. The molecule has 7 heteroatoms. The summed E-state index contributed by atoms with van der Waals surface area (Å²) >= 11 is 0. The number of carbonyl (C=O) groups is 2. The van der Waals surface area contributed by atoms with Crippen LogP contribution in [0.25, 0.3) is 0 Å². The topological polar surface area (TPSA) is 89.2 Å². The van der Waals surface area contributed by atoms with Gasteiger partial charge >= 0.3 is 6.09 Å². The Hall–Kier alpha value is -3.42. The molecule has 1 aliphatic rings. The zero-order chi connectivity index (χ0) is 23.4. The normalized spacial score (nSPS) is 19.2. The van der Waals surface area contributed by atoms with Crippen LogP contribution < -0.4 is 0 Å². The molecule has 1 aromatic heterocycles.